The minimum absolute atomic E-state index is 0.519. The molecule has 0 fully saturated rings. The number of hydrogen-bond acceptors (Lipinski definition) is 4. The van der Waals surface area contributed by atoms with Crippen LogP contribution in [0.5, 0.6) is 0 Å². The van der Waals surface area contributed by atoms with Crippen molar-refractivity contribution < 1.29 is 4.52 Å². The van der Waals surface area contributed by atoms with Gasteiger partial charge in [0, 0.05) is 27.6 Å². The summed E-state index contributed by atoms with van der Waals surface area (Å²) >= 11 is 0. The molecule has 6 heteroatoms. The molecular formula is C14H25N5O. The number of rotatable bonds is 8. The maximum atomic E-state index is 4.93. The Hall–Kier alpha value is -1.85. The number of aromatic nitrogens is 2. The summed E-state index contributed by atoms with van der Waals surface area (Å²) < 4.78 is 4.93. The molecule has 112 valence electrons. The Morgan fingerprint density at radius 3 is 2.85 bits per heavy atom. The maximum absolute atomic E-state index is 4.93. The Morgan fingerprint density at radius 1 is 1.45 bits per heavy atom. The average Bonchev–Trinajstić information content (AvgIpc) is 2.85. The minimum atomic E-state index is 0.519. The third-order valence-electron chi connectivity index (χ3n) is 2.95. The molecule has 1 aromatic rings. The first-order valence-corrected chi connectivity index (χ1v) is 6.99. The van der Waals surface area contributed by atoms with Crippen molar-refractivity contribution in [3.8, 4) is 0 Å². The van der Waals surface area contributed by atoms with E-state index in [4.69, 9.17) is 4.52 Å². The summed E-state index contributed by atoms with van der Waals surface area (Å²) in [6.07, 6.45) is 6.61. The highest BCUT2D eigenvalue weighted by molar-refractivity contribution is 5.79. The van der Waals surface area contributed by atoms with Crippen LogP contribution in [0, 0.1) is 6.92 Å². The predicted octanol–water partition coefficient (Wildman–Crippen LogP) is 2.13. The standard InChI is InChI=1S/C14H25N5O/c1-5-6-7-8-9-10-19(4)14(15-3)16-11-13-17-12(2)20-18-13/h5H,1,6-11H2,2-4H3,(H,15,16). The van der Waals surface area contributed by atoms with Crippen LogP contribution in [-0.4, -0.2) is 41.6 Å². The number of allylic oxidation sites excluding steroid dienone is 1. The highest BCUT2D eigenvalue weighted by Gasteiger charge is 2.07. The van der Waals surface area contributed by atoms with E-state index in [-0.39, 0.29) is 0 Å². The number of aliphatic imine (C=N–C) groups is 1. The van der Waals surface area contributed by atoms with Gasteiger partial charge in [0.15, 0.2) is 11.8 Å². The number of nitrogens with zero attached hydrogens (tertiary/aromatic N) is 4. The summed E-state index contributed by atoms with van der Waals surface area (Å²) in [5.74, 6) is 2.06. The Labute approximate surface area is 121 Å². The minimum Gasteiger partial charge on any atom is -0.349 e. The highest BCUT2D eigenvalue weighted by atomic mass is 16.5. The van der Waals surface area contributed by atoms with E-state index in [1.807, 2.05) is 13.1 Å². The molecule has 0 aliphatic rings. The summed E-state index contributed by atoms with van der Waals surface area (Å²) in [7, 11) is 3.81. The molecule has 1 N–H and O–H groups in total. The van der Waals surface area contributed by atoms with Gasteiger partial charge in [0.1, 0.15) is 0 Å². The molecule has 0 saturated heterocycles. The summed E-state index contributed by atoms with van der Waals surface area (Å²) in [5.41, 5.74) is 0. The normalized spacial score (nSPS) is 11.4. The van der Waals surface area contributed by atoms with Gasteiger partial charge in [0.25, 0.3) is 0 Å². The lowest BCUT2D eigenvalue weighted by atomic mass is 10.2. The third-order valence-corrected chi connectivity index (χ3v) is 2.95. The smallest absolute Gasteiger partial charge is 0.223 e. The largest absolute Gasteiger partial charge is 0.349 e. The summed E-state index contributed by atoms with van der Waals surface area (Å²) in [6, 6.07) is 0. The molecule has 0 aliphatic carbocycles. The van der Waals surface area contributed by atoms with Gasteiger partial charge < -0.3 is 14.7 Å². The van der Waals surface area contributed by atoms with Gasteiger partial charge in [-0.05, 0) is 19.3 Å². The zero-order chi connectivity index (χ0) is 14.8. The van der Waals surface area contributed by atoms with Crippen molar-refractivity contribution in [3.63, 3.8) is 0 Å². The molecule has 0 saturated carbocycles. The second-order valence-corrected chi connectivity index (χ2v) is 4.69. The van der Waals surface area contributed by atoms with Crippen LogP contribution in [0.25, 0.3) is 0 Å². The second kappa shape index (κ2) is 9.12. The first-order valence-electron chi connectivity index (χ1n) is 6.99. The number of guanidine groups is 1. The quantitative estimate of drug-likeness (QED) is 0.342. The Kier molecular flexibility index (Phi) is 7.39. The predicted molar refractivity (Wildman–Crippen MR) is 80.5 cm³/mol. The molecule has 20 heavy (non-hydrogen) atoms. The van der Waals surface area contributed by atoms with E-state index in [1.165, 1.54) is 12.8 Å². The van der Waals surface area contributed by atoms with Crippen molar-refractivity contribution in [3.05, 3.63) is 24.4 Å². The number of hydrogen-bond donors (Lipinski definition) is 1. The fourth-order valence-electron chi connectivity index (χ4n) is 1.88. The molecule has 1 aromatic heterocycles. The molecule has 0 radical (unpaired) electrons. The molecule has 0 unspecified atom stereocenters. The van der Waals surface area contributed by atoms with Gasteiger partial charge in [-0.2, -0.15) is 4.98 Å². The highest BCUT2D eigenvalue weighted by Crippen LogP contribution is 2.02. The van der Waals surface area contributed by atoms with E-state index in [2.05, 4.69) is 31.9 Å². The van der Waals surface area contributed by atoms with Crippen LogP contribution in [0.15, 0.2) is 22.2 Å². The van der Waals surface area contributed by atoms with Crippen LogP contribution >= 0.6 is 0 Å². The van der Waals surface area contributed by atoms with Gasteiger partial charge in [0.05, 0.1) is 6.54 Å². The zero-order valence-corrected chi connectivity index (χ0v) is 12.7. The van der Waals surface area contributed by atoms with E-state index in [1.54, 1.807) is 14.0 Å². The van der Waals surface area contributed by atoms with Gasteiger partial charge in [-0.15, -0.1) is 6.58 Å². The van der Waals surface area contributed by atoms with E-state index in [9.17, 15) is 0 Å². The molecule has 6 nitrogen and oxygen atoms in total. The first kappa shape index (κ1) is 16.2. The van der Waals surface area contributed by atoms with Crippen LogP contribution in [0.3, 0.4) is 0 Å². The molecule has 0 bridgehead atoms. The molecule has 0 atom stereocenters. The van der Waals surface area contributed by atoms with Gasteiger partial charge in [0.2, 0.25) is 5.89 Å². The van der Waals surface area contributed by atoms with Crippen molar-refractivity contribution >= 4 is 5.96 Å². The lowest BCUT2D eigenvalue weighted by molar-refractivity contribution is 0.386. The Bertz CT molecular complexity index is 427. The van der Waals surface area contributed by atoms with Gasteiger partial charge in [-0.1, -0.05) is 17.7 Å². The third kappa shape index (κ3) is 5.86. The molecular weight excluding hydrogens is 254 g/mol. The lowest BCUT2D eigenvalue weighted by Gasteiger charge is -2.21. The van der Waals surface area contributed by atoms with Crippen LogP contribution in [0.1, 0.15) is 37.4 Å². The molecule has 0 spiro atoms. The average molecular weight is 279 g/mol. The van der Waals surface area contributed by atoms with Crippen molar-refractivity contribution in [1.82, 2.24) is 20.4 Å². The van der Waals surface area contributed by atoms with E-state index >= 15 is 0 Å². The monoisotopic (exact) mass is 279 g/mol. The molecule has 0 aliphatic heterocycles. The maximum Gasteiger partial charge on any atom is 0.223 e. The zero-order valence-electron chi connectivity index (χ0n) is 12.7. The van der Waals surface area contributed by atoms with Crippen LogP contribution in [-0.2, 0) is 6.54 Å². The van der Waals surface area contributed by atoms with Crippen molar-refractivity contribution in [1.29, 1.82) is 0 Å². The lowest BCUT2D eigenvalue weighted by Crippen LogP contribution is -2.39. The van der Waals surface area contributed by atoms with Crippen molar-refractivity contribution in [2.45, 2.75) is 39.2 Å². The van der Waals surface area contributed by atoms with Gasteiger partial charge in [-0.25, -0.2) is 0 Å². The summed E-state index contributed by atoms with van der Waals surface area (Å²) in [5, 5.41) is 7.07. The van der Waals surface area contributed by atoms with E-state index in [0.29, 0.717) is 18.3 Å². The molecule has 1 rings (SSSR count). The number of unbranched alkanes of at least 4 members (excludes halogenated alkanes) is 3. The molecule has 0 amide bonds. The van der Waals surface area contributed by atoms with E-state index < -0.39 is 0 Å². The van der Waals surface area contributed by atoms with Crippen LogP contribution in [0.2, 0.25) is 0 Å². The van der Waals surface area contributed by atoms with Crippen LogP contribution < -0.4 is 5.32 Å². The van der Waals surface area contributed by atoms with Crippen molar-refractivity contribution in [2.75, 3.05) is 20.6 Å². The van der Waals surface area contributed by atoms with Crippen molar-refractivity contribution in [2.24, 2.45) is 4.99 Å². The number of nitrogens with one attached hydrogen (secondary N) is 1. The summed E-state index contributed by atoms with van der Waals surface area (Å²) in [6.45, 7) is 7.00. The molecule has 0 aromatic carbocycles. The molecule has 1 heterocycles. The Balaban J connectivity index is 2.28. The second-order valence-electron chi connectivity index (χ2n) is 4.69. The fraction of sp³-hybridized carbons (Fsp3) is 0.643. The Morgan fingerprint density at radius 2 is 2.25 bits per heavy atom. The first-order chi connectivity index (χ1) is 9.67. The van der Waals surface area contributed by atoms with Gasteiger partial charge >= 0.3 is 0 Å². The summed E-state index contributed by atoms with van der Waals surface area (Å²) in [4.78, 5) is 10.5. The number of aryl methyl sites for hydroxylation is 1. The topological polar surface area (TPSA) is 66.5 Å². The van der Waals surface area contributed by atoms with E-state index in [0.717, 1.165) is 25.3 Å². The van der Waals surface area contributed by atoms with Crippen LogP contribution in [0.4, 0.5) is 0 Å². The van der Waals surface area contributed by atoms with Gasteiger partial charge in [-0.3, -0.25) is 4.99 Å². The SMILES string of the molecule is C=CCCCCCN(C)C(=NC)NCc1noc(C)n1. The fourth-order valence-corrected chi connectivity index (χ4v) is 1.88.